The Bertz CT molecular complexity index is 761. The van der Waals surface area contributed by atoms with E-state index >= 15 is 0 Å². The lowest BCUT2D eigenvalue weighted by atomic mass is 10.2. The number of benzene rings is 1. The molecule has 0 unspecified atom stereocenters. The topological polar surface area (TPSA) is 87.7 Å². The molecule has 1 N–H and O–H groups in total. The molecule has 1 aromatic heterocycles. The minimum atomic E-state index is -0.524. The van der Waals surface area contributed by atoms with Gasteiger partial charge in [-0.3, -0.25) is 9.59 Å². The second-order valence-corrected chi connectivity index (χ2v) is 6.35. The minimum Gasteiger partial charge on any atom is -0.454 e. The van der Waals surface area contributed by atoms with Gasteiger partial charge < -0.3 is 19.9 Å². The number of ether oxygens (including phenoxy) is 1. The zero-order valence-electron chi connectivity index (χ0n) is 15.3. The van der Waals surface area contributed by atoms with Gasteiger partial charge in [-0.15, -0.1) is 0 Å². The fourth-order valence-electron chi connectivity index (χ4n) is 2.87. The van der Waals surface area contributed by atoms with E-state index in [1.54, 1.807) is 30.4 Å². The van der Waals surface area contributed by atoms with Crippen LogP contribution in [-0.4, -0.2) is 55.1 Å². The Morgan fingerprint density at radius 1 is 1.15 bits per heavy atom. The van der Waals surface area contributed by atoms with Crippen LogP contribution in [0.1, 0.15) is 12.8 Å². The molecule has 1 saturated heterocycles. The van der Waals surface area contributed by atoms with Gasteiger partial charge in [-0.1, -0.05) is 0 Å². The van der Waals surface area contributed by atoms with E-state index in [2.05, 4.69) is 20.2 Å². The third kappa shape index (κ3) is 5.40. The average molecular weight is 369 g/mol. The van der Waals surface area contributed by atoms with Gasteiger partial charge in [0.25, 0.3) is 5.91 Å². The molecule has 8 nitrogen and oxygen atoms in total. The minimum absolute atomic E-state index is 0.0399. The lowest BCUT2D eigenvalue weighted by Gasteiger charge is -2.18. The number of anilines is 3. The second-order valence-electron chi connectivity index (χ2n) is 6.35. The molecule has 1 aromatic carbocycles. The molecular formula is C19H23N5O3. The van der Waals surface area contributed by atoms with Crippen LogP contribution >= 0.6 is 0 Å². The fraction of sp³-hybridized carbons (Fsp3) is 0.368. The first-order valence-corrected chi connectivity index (χ1v) is 8.90. The number of nitrogens with one attached hydrogen (secondary N) is 1. The van der Waals surface area contributed by atoms with Crippen molar-refractivity contribution in [2.45, 2.75) is 12.8 Å². The van der Waals surface area contributed by atoms with Crippen LogP contribution < -0.4 is 15.1 Å². The summed E-state index contributed by atoms with van der Waals surface area (Å²) in [6.45, 7) is 1.77. The zero-order chi connectivity index (χ0) is 19.1. The Labute approximate surface area is 158 Å². The van der Waals surface area contributed by atoms with E-state index in [1.807, 2.05) is 24.3 Å². The van der Waals surface area contributed by atoms with Crippen LogP contribution in [0.15, 0.2) is 42.7 Å². The van der Waals surface area contributed by atoms with Crippen LogP contribution in [0.25, 0.3) is 0 Å². The lowest BCUT2D eigenvalue weighted by Crippen LogP contribution is -2.30. The van der Waals surface area contributed by atoms with E-state index < -0.39 is 5.97 Å². The van der Waals surface area contributed by atoms with Crippen LogP contribution in [0, 0.1) is 0 Å². The van der Waals surface area contributed by atoms with E-state index in [0.717, 1.165) is 18.8 Å². The van der Waals surface area contributed by atoms with E-state index in [4.69, 9.17) is 4.74 Å². The first-order valence-electron chi connectivity index (χ1n) is 8.90. The van der Waals surface area contributed by atoms with E-state index in [1.165, 1.54) is 12.8 Å². The van der Waals surface area contributed by atoms with Gasteiger partial charge in [-0.25, -0.2) is 9.97 Å². The van der Waals surface area contributed by atoms with Crippen molar-refractivity contribution in [1.82, 2.24) is 9.97 Å². The number of carbonyl (C=O) groups excluding carboxylic acids is 2. The molecular weight excluding hydrogens is 346 g/mol. The van der Waals surface area contributed by atoms with Crippen molar-refractivity contribution in [2.75, 3.05) is 48.4 Å². The summed E-state index contributed by atoms with van der Waals surface area (Å²) >= 11 is 0. The van der Waals surface area contributed by atoms with Crippen LogP contribution in [0.3, 0.4) is 0 Å². The predicted octanol–water partition coefficient (Wildman–Crippen LogP) is 1.69. The summed E-state index contributed by atoms with van der Waals surface area (Å²) in [4.78, 5) is 35.8. The maximum atomic E-state index is 12.0. The van der Waals surface area contributed by atoms with Crippen LogP contribution in [-0.2, 0) is 14.3 Å². The standard InChI is InChI=1S/C19H23N5O3/c1-23(19-20-9-4-10-21-19)13-18(26)27-14-17(25)22-15-5-7-16(8-6-15)24-11-2-3-12-24/h4-10H,2-3,11-14H2,1H3,(H,22,25). The van der Waals surface area contributed by atoms with Gasteiger partial charge in [-0.05, 0) is 43.2 Å². The molecule has 27 heavy (non-hydrogen) atoms. The number of aromatic nitrogens is 2. The van der Waals surface area contributed by atoms with Crippen molar-refractivity contribution in [3.8, 4) is 0 Å². The molecule has 0 atom stereocenters. The molecule has 1 fully saturated rings. The zero-order valence-corrected chi connectivity index (χ0v) is 15.3. The number of amides is 1. The van der Waals surface area contributed by atoms with E-state index in [0.29, 0.717) is 11.6 Å². The predicted molar refractivity (Wildman–Crippen MR) is 103 cm³/mol. The number of likely N-dealkylation sites (N-methyl/N-ethyl adjacent to an activating group) is 1. The number of hydrogen-bond acceptors (Lipinski definition) is 7. The maximum Gasteiger partial charge on any atom is 0.326 e. The Morgan fingerprint density at radius 2 is 1.81 bits per heavy atom. The van der Waals surface area contributed by atoms with Crippen LogP contribution in [0.4, 0.5) is 17.3 Å². The van der Waals surface area contributed by atoms with Crippen molar-refractivity contribution in [3.63, 3.8) is 0 Å². The number of nitrogens with zero attached hydrogens (tertiary/aromatic N) is 4. The molecule has 0 spiro atoms. The SMILES string of the molecule is CN(CC(=O)OCC(=O)Nc1ccc(N2CCCC2)cc1)c1ncccn1. The highest BCUT2D eigenvalue weighted by molar-refractivity contribution is 5.93. The maximum absolute atomic E-state index is 12.0. The van der Waals surface area contributed by atoms with Crippen molar-refractivity contribution in [1.29, 1.82) is 0 Å². The Balaban J connectivity index is 1.41. The molecule has 2 heterocycles. The molecule has 0 saturated carbocycles. The van der Waals surface area contributed by atoms with Crippen molar-refractivity contribution < 1.29 is 14.3 Å². The average Bonchev–Trinajstić information content (AvgIpc) is 3.22. The Morgan fingerprint density at radius 3 is 2.48 bits per heavy atom. The summed E-state index contributed by atoms with van der Waals surface area (Å²) in [7, 11) is 1.68. The quantitative estimate of drug-likeness (QED) is 0.743. The highest BCUT2D eigenvalue weighted by Crippen LogP contribution is 2.21. The fourth-order valence-corrected chi connectivity index (χ4v) is 2.87. The summed E-state index contributed by atoms with van der Waals surface area (Å²) in [5, 5.41) is 2.73. The number of esters is 1. The van der Waals surface area contributed by atoms with Gasteiger partial charge in [-0.2, -0.15) is 0 Å². The van der Waals surface area contributed by atoms with Gasteiger partial charge in [0.1, 0.15) is 6.54 Å². The molecule has 1 amide bonds. The Hall–Kier alpha value is -3.16. The normalized spacial score (nSPS) is 13.3. The van der Waals surface area contributed by atoms with Gasteiger partial charge in [0.15, 0.2) is 6.61 Å². The third-order valence-corrected chi connectivity index (χ3v) is 4.25. The smallest absolute Gasteiger partial charge is 0.326 e. The molecule has 1 aliphatic rings. The van der Waals surface area contributed by atoms with Crippen molar-refractivity contribution >= 4 is 29.2 Å². The molecule has 3 rings (SSSR count). The molecule has 8 heteroatoms. The third-order valence-electron chi connectivity index (χ3n) is 4.25. The molecule has 2 aromatic rings. The largest absolute Gasteiger partial charge is 0.454 e. The first kappa shape index (κ1) is 18.6. The van der Waals surface area contributed by atoms with Gasteiger partial charge in [0.2, 0.25) is 5.95 Å². The van der Waals surface area contributed by atoms with Gasteiger partial charge >= 0.3 is 5.97 Å². The first-order chi connectivity index (χ1) is 13.1. The summed E-state index contributed by atoms with van der Waals surface area (Å²) in [6, 6.07) is 9.38. The van der Waals surface area contributed by atoms with Crippen LogP contribution in [0.2, 0.25) is 0 Å². The van der Waals surface area contributed by atoms with Gasteiger partial charge in [0.05, 0.1) is 0 Å². The second kappa shape index (κ2) is 8.98. The highest BCUT2D eigenvalue weighted by atomic mass is 16.5. The summed E-state index contributed by atoms with van der Waals surface area (Å²) in [6.07, 6.45) is 5.62. The molecule has 0 aliphatic carbocycles. The Kier molecular flexibility index (Phi) is 6.19. The number of hydrogen-bond donors (Lipinski definition) is 1. The molecule has 1 aliphatic heterocycles. The molecule has 142 valence electrons. The summed E-state index contributed by atoms with van der Waals surface area (Å²) < 4.78 is 5.02. The number of rotatable bonds is 7. The monoisotopic (exact) mass is 369 g/mol. The summed E-state index contributed by atoms with van der Waals surface area (Å²) in [5.74, 6) is -0.489. The molecule has 0 bridgehead atoms. The summed E-state index contributed by atoms with van der Waals surface area (Å²) in [5.41, 5.74) is 1.83. The van der Waals surface area contributed by atoms with Crippen molar-refractivity contribution in [3.05, 3.63) is 42.7 Å². The van der Waals surface area contributed by atoms with Crippen LogP contribution in [0.5, 0.6) is 0 Å². The lowest BCUT2D eigenvalue weighted by molar-refractivity contribution is -0.145. The number of carbonyl (C=O) groups is 2. The van der Waals surface area contributed by atoms with Crippen molar-refractivity contribution in [2.24, 2.45) is 0 Å². The molecule has 0 radical (unpaired) electrons. The van der Waals surface area contributed by atoms with E-state index in [-0.39, 0.29) is 19.1 Å². The van der Waals surface area contributed by atoms with E-state index in [9.17, 15) is 9.59 Å². The highest BCUT2D eigenvalue weighted by Gasteiger charge is 2.14. The van der Waals surface area contributed by atoms with Gasteiger partial charge in [0, 0.05) is 43.9 Å².